The molecule has 1 atom stereocenters. The molecular weight excluding hydrogens is 262 g/mol. The Labute approximate surface area is 117 Å². The first-order valence-corrected chi connectivity index (χ1v) is 7.57. The number of aromatic nitrogens is 2. The lowest BCUT2D eigenvalue weighted by atomic mass is 10.1. The molecule has 0 saturated carbocycles. The van der Waals surface area contributed by atoms with E-state index in [9.17, 15) is 9.90 Å². The smallest absolute Gasteiger partial charge is 0.356 e. The van der Waals surface area contributed by atoms with E-state index in [0.29, 0.717) is 17.6 Å². The van der Waals surface area contributed by atoms with Gasteiger partial charge in [0, 0.05) is 24.8 Å². The molecule has 0 aromatic carbocycles. The van der Waals surface area contributed by atoms with Crippen molar-refractivity contribution in [1.29, 1.82) is 0 Å². The highest BCUT2D eigenvalue weighted by molar-refractivity contribution is 7.99. The summed E-state index contributed by atoms with van der Waals surface area (Å²) in [6, 6.07) is 0.372. The standard InChI is InChI=1S/C13H19N3O2S/c1-8(2)12-14-6-10(11(15-12)13(17)18)16(3)9-4-5-19-7-9/h6,8-9H,4-5,7H2,1-3H3,(H,17,18). The van der Waals surface area contributed by atoms with E-state index in [4.69, 9.17) is 0 Å². The maximum absolute atomic E-state index is 11.4. The number of carboxylic acid groups (broad SMARTS) is 1. The van der Waals surface area contributed by atoms with Crippen LogP contribution in [0.2, 0.25) is 0 Å². The van der Waals surface area contributed by atoms with E-state index in [1.165, 1.54) is 0 Å². The zero-order valence-electron chi connectivity index (χ0n) is 11.5. The van der Waals surface area contributed by atoms with Gasteiger partial charge in [-0.3, -0.25) is 0 Å². The monoisotopic (exact) mass is 281 g/mol. The van der Waals surface area contributed by atoms with E-state index >= 15 is 0 Å². The van der Waals surface area contributed by atoms with Crippen LogP contribution in [0.25, 0.3) is 0 Å². The van der Waals surface area contributed by atoms with Gasteiger partial charge in [-0.2, -0.15) is 11.8 Å². The maximum Gasteiger partial charge on any atom is 0.356 e. The molecule has 1 aliphatic heterocycles. The van der Waals surface area contributed by atoms with Crippen LogP contribution in [0.15, 0.2) is 6.20 Å². The summed E-state index contributed by atoms with van der Waals surface area (Å²) in [6.45, 7) is 3.91. The molecule has 1 aromatic heterocycles. The zero-order chi connectivity index (χ0) is 14.0. The average molecular weight is 281 g/mol. The third-order valence-corrected chi connectivity index (χ3v) is 4.49. The first-order chi connectivity index (χ1) is 9.00. The van der Waals surface area contributed by atoms with Crippen LogP contribution in [0.3, 0.4) is 0 Å². The lowest BCUT2D eigenvalue weighted by molar-refractivity contribution is 0.0690. The minimum atomic E-state index is -0.989. The van der Waals surface area contributed by atoms with Gasteiger partial charge in [-0.25, -0.2) is 14.8 Å². The highest BCUT2D eigenvalue weighted by atomic mass is 32.2. The molecule has 2 rings (SSSR count). The van der Waals surface area contributed by atoms with Gasteiger partial charge < -0.3 is 10.0 Å². The fraction of sp³-hybridized carbons (Fsp3) is 0.615. The molecule has 2 heterocycles. The number of aromatic carboxylic acids is 1. The van der Waals surface area contributed by atoms with Gasteiger partial charge >= 0.3 is 5.97 Å². The second kappa shape index (κ2) is 5.77. The number of anilines is 1. The largest absolute Gasteiger partial charge is 0.476 e. The third kappa shape index (κ3) is 3.00. The Bertz CT molecular complexity index is 473. The summed E-state index contributed by atoms with van der Waals surface area (Å²) in [6.07, 6.45) is 2.72. The van der Waals surface area contributed by atoms with Crippen molar-refractivity contribution in [3.8, 4) is 0 Å². The summed E-state index contributed by atoms with van der Waals surface area (Å²) in [7, 11) is 1.93. The van der Waals surface area contributed by atoms with E-state index in [-0.39, 0.29) is 11.6 Å². The highest BCUT2D eigenvalue weighted by Gasteiger charge is 2.25. The van der Waals surface area contributed by atoms with Crippen molar-refractivity contribution in [3.63, 3.8) is 0 Å². The van der Waals surface area contributed by atoms with E-state index in [1.54, 1.807) is 6.20 Å². The molecule has 1 N–H and O–H groups in total. The van der Waals surface area contributed by atoms with Gasteiger partial charge in [0.15, 0.2) is 5.69 Å². The number of hydrogen-bond acceptors (Lipinski definition) is 5. The normalized spacial score (nSPS) is 18.8. The van der Waals surface area contributed by atoms with Crippen molar-refractivity contribution >= 4 is 23.4 Å². The van der Waals surface area contributed by atoms with Crippen molar-refractivity contribution in [2.75, 3.05) is 23.5 Å². The lowest BCUT2D eigenvalue weighted by Crippen LogP contribution is -2.33. The Hall–Kier alpha value is -1.30. The summed E-state index contributed by atoms with van der Waals surface area (Å²) in [5.41, 5.74) is 0.725. The minimum Gasteiger partial charge on any atom is -0.476 e. The first-order valence-electron chi connectivity index (χ1n) is 6.41. The lowest BCUT2D eigenvalue weighted by Gasteiger charge is -2.26. The van der Waals surface area contributed by atoms with Gasteiger partial charge in [-0.15, -0.1) is 0 Å². The van der Waals surface area contributed by atoms with Crippen molar-refractivity contribution in [3.05, 3.63) is 17.7 Å². The van der Waals surface area contributed by atoms with Crippen LogP contribution in [0.4, 0.5) is 5.69 Å². The van der Waals surface area contributed by atoms with E-state index in [0.717, 1.165) is 17.9 Å². The molecule has 0 radical (unpaired) electrons. The number of carbonyl (C=O) groups is 1. The molecule has 5 nitrogen and oxygen atoms in total. The number of nitrogens with zero attached hydrogens (tertiary/aromatic N) is 3. The predicted octanol–water partition coefficient (Wildman–Crippen LogP) is 2.24. The second-order valence-electron chi connectivity index (χ2n) is 5.05. The minimum absolute atomic E-state index is 0.109. The van der Waals surface area contributed by atoms with E-state index in [2.05, 4.69) is 9.97 Å². The summed E-state index contributed by atoms with van der Waals surface area (Å²) >= 11 is 1.90. The average Bonchev–Trinajstić information content (AvgIpc) is 2.90. The zero-order valence-corrected chi connectivity index (χ0v) is 12.3. The first kappa shape index (κ1) is 14.1. The van der Waals surface area contributed by atoms with Crippen LogP contribution < -0.4 is 4.90 Å². The van der Waals surface area contributed by atoms with Crippen molar-refractivity contribution < 1.29 is 9.90 Å². The van der Waals surface area contributed by atoms with Crippen LogP contribution in [0.5, 0.6) is 0 Å². The van der Waals surface area contributed by atoms with Crippen LogP contribution in [0, 0.1) is 0 Å². The predicted molar refractivity (Wildman–Crippen MR) is 77.2 cm³/mol. The van der Waals surface area contributed by atoms with Crippen molar-refractivity contribution in [1.82, 2.24) is 9.97 Å². The number of carboxylic acids is 1. The number of rotatable bonds is 4. The number of hydrogen-bond donors (Lipinski definition) is 1. The van der Waals surface area contributed by atoms with E-state index < -0.39 is 5.97 Å². The molecule has 19 heavy (non-hydrogen) atoms. The Kier molecular flexibility index (Phi) is 4.29. The van der Waals surface area contributed by atoms with Crippen molar-refractivity contribution in [2.45, 2.75) is 32.2 Å². The summed E-state index contributed by atoms with van der Waals surface area (Å²) < 4.78 is 0. The Balaban J connectivity index is 2.35. The second-order valence-corrected chi connectivity index (χ2v) is 6.20. The summed E-state index contributed by atoms with van der Waals surface area (Å²) in [5, 5.41) is 9.34. The van der Waals surface area contributed by atoms with Gasteiger partial charge in [0.1, 0.15) is 5.82 Å². The molecule has 1 saturated heterocycles. The maximum atomic E-state index is 11.4. The molecule has 0 aliphatic carbocycles. The molecule has 6 heteroatoms. The highest BCUT2D eigenvalue weighted by Crippen LogP contribution is 2.27. The van der Waals surface area contributed by atoms with Gasteiger partial charge in [0.25, 0.3) is 0 Å². The third-order valence-electron chi connectivity index (χ3n) is 3.34. The van der Waals surface area contributed by atoms with Crippen LogP contribution in [0.1, 0.15) is 42.5 Å². The molecule has 104 valence electrons. The topological polar surface area (TPSA) is 66.3 Å². The number of thioether (sulfide) groups is 1. The van der Waals surface area contributed by atoms with Crippen molar-refractivity contribution in [2.24, 2.45) is 0 Å². The molecule has 1 fully saturated rings. The Morgan fingerprint density at radius 3 is 2.84 bits per heavy atom. The molecule has 0 spiro atoms. The van der Waals surface area contributed by atoms with Gasteiger partial charge in [0.2, 0.25) is 0 Å². The van der Waals surface area contributed by atoms with Crippen LogP contribution in [-0.2, 0) is 0 Å². The molecule has 0 bridgehead atoms. The van der Waals surface area contributed by atoms with E-state index in [1.807, 2.05) is 37.6 Å². The molecule has 1 aliphatic rings. The SMILES string of the molecule is CC(C)c1ncc(N(C)C2CCSC2)c(C(=O)O)n1. The van der Waals surface area contributed by atoms with Gasteiger partial charge in [-0.05, 0) is 12.2 Å². The fourth-order valence-corrected chi connectivity index (χ4v) is 3.37. The summed E-state index contributed by atoms with van der Waals surface area (Å²) in [5.74, 6) is 1.87. The molecular formula is C13H19N3O2S. The quantitative estimate of drug-likeness (QED) is 0.913. The summed E-state index contributed by atoms with van der Waals surface area (Å²) in [4.78, 5) is 21.9. The Morgan fingerprint density at radius 2 is 2.32 bits per heavy atom. The fourth-order valence-electron chi connectivity index (χ4n) is 2.11. The van der Waals surface area contributed by atoms with Crippen LogP contribution in [-0.4, -0.2) is 45.6 Å². The van der Waals surface area contributed by atoms with Crippen LogP contribution >= 0.6 is 11.8 Å². The molecule has 1 unspecified atom stereocenters. The Morgan fingerprint density at radius 1 is 1.58 bits per heavy atom. The van der Waals surface area contributed by atoms with Gasteiger partial charge in [-0.1, -0.05) is 13.8 Å². The van der Waals surface area contributed by atoms with Gasteiger partial charge in [0.05, 0.1) is 11.9 Å². The molecule has 1 aromatic rings. The molecule has 0 amide bonds.